The predicted octanol–water partition coefficient (Wildman–Crippen LogP) is 5.61. The molecule has 1 saturated heterocycles. The van der Waals surface area contributed by atoms with E-state index in [1.165, 1.54) is 22.4 Å². The molecular weight excluding hydrogens is 488 g/mol. The number of hydrogen-bond acceptors (Lipinski definition) is 5. The molecule has 0 aliphatic carbocycles. The van der Waals surface area contributed by atoms with Crippen LogP contribution in [-0.4, -0.2) is 44.5 Å². The van der Waals surface area contributed by atoms with Gasteiger partial charge in [-0.25, -0.2) is 4.79 Å². The van der Waals surface area contributed by atoms with Crippen LogP contribution >= 0.6 is 11.6 Å². The molecule has 10 heteroatoms. The molecule has 4 atom stereocenters. The molecule has 194 valence electrons. The number of ether oxygens (including phenoxy) is 1. The van der Waals surface area contributed by atoms with Gasteiger partial charge in [0.1, 0.15) is 11.8 Å². The second-order valence-corrected chi connectivity index (χ2v) is 22.3. The van der Waals surface area contributed by atoms with E-state index in [0.717, 1.165) is 0 Å². The zero-order valence-corrected chi connectivity index (χ0v) is 25.4. The largest absolute Gasteiger partial charge is 0.413 e. The van der Waals surface area contributed by atoms with Crippen LogP contribution in [0.3, 0.4) is 0 Å². The lowest BCUT2D eigenvalue weighted by atomic mass is 9.91. The van der Waals surface area contributed by atoms with Crippen LogP contribution in [0.5, 0.6) is 0 Å². The quantitative estimate of drug-likeness (QED) is 0.463. The maximum atomic E-state index is 12.7. The van der Waals surface area contributed by atoms with Crippen molar-refractivity contribution in [1.29, 1.82) is 0 Å². The molecule has 34 heavy (non-hydrogen) atoms. The van der Waals surface area contributed by atoms with Gasteiger partial charge in [0.25, 0.3) is 5.56 Å². The van der Waals surface area contributed by atoms with E-state index in [4.69, 9.17) is 25.2 Å². The minimum atomic E-state index is -2.24. The Morgan fingerprint density at radius 1 is 1.12 bits per heavy atom. The van der Waals surface area contributed by atoms with Gasteiger partial charge in [0, 0.05) is 23.7 Å². The summed E-state index contributed by atoms with van der Waals surface area (Å²) in [6.07, 6.45) is 2.21. The smallest absolute Gasteiger partial charge is 0.330 e. The number of nitrogens with zero attached hydrogens (tertiary/aromatic N) is 1. The van der Waals surface area contributed by atoms with Crippen molar-refractivity contribution in [3.63, 3.8) is 0 Å². The second kappa shape index (κ2) is 9.82. The van der Waals surface area contributed by atoms with Gasteiger partial charge < -0.3 is 13.6 Å². The van der Waals surface area contributed by atoms with Crippen LogP contribution in [0.2, 0.25) is 36.3 Å². The standard InChI is InChI=1S/C24H43ClN2O5Si2/c1-17-19(32-34(10,11)23(5,6)7)24(13-14-25,16-30-33(8,9)22(2,3)4)31-20(17)27-15-12-18(28)26-21(27)29/h12-15,17,19-20H,16H2,1-11H3,(H,26,28,29)/b14-13+. The Kier molecular flexibility index (Phi) is 8.45. The highest BCUT2D eigenvalue weighted by atomic mass is 35.5. The second-order valence-electron chi connectivity index (χ2n) is 12.5. The van der Waals surface area contributed by atoms with Crippen molar-refractivity contribution in [3.05, 3.63) is 44.7 Å². The molecule has 0 amide bonds. The summed E-state index contributed by atoms with van der Waals surface area (Å²) in [5.74, 6) is -0.214. The van der Waals surface area contributed by atoms with Crippen molar-refractivity contribution in [2.45, 2.75) is 103 Å². The fraction of sp³-hybridized carbons (Fsp3) is 0.750. The Morgan fingerprint density at radius 2 is 1.68 bits per heavy atom. The minimum Gasteiger partial charge on any atom is -0.413 e. The lowest BCUT2D eigenvalue weighted by Gasteiger charge is -2.44. The predicted molar refractivity (Wildman–Crippen MR) is 144 cm³/mol. The number of aromatic nitrogens is 2. The minimum absolute atomic E-state index is 0.00807. The van der Waals surface area contributed by atoms with E-state index in [1.54, 1.807) is 6.08 Å². The molecule has 0 bridgehead atoms. The third kappa shape index (κ3) is 5.87. The highest BCUT2D eigenvalue weighted by Gasteiger charge is 2.57. The highest BCUT2D eigenvalue weighted by Crippen LogP contribution is 2.49. The first kappa shape index (κ1) is 29.3. The molecule has 1 aliphatic heterocycles. The summed E-state index contributed by atoms with van der Waals surface area (Å²) in [5.41, 5.74) is -0.519. The van der Waals surface area contributed by atoms with E-state index in [0.29, 0.717) is 0 Å². The average molecular weight is 531 g/mol. The van der Waals surface area contributed by atoms with Gasteiger partial charge >= 0.3 is 5.69 Å². The summed E-state index contributed by atoms with van der Waals surface area (Å²) < 4.78 is 21.7. The summed E-state index contributed by atoms with van der Waals surface area (Å²) in [7, 11) is -4.37. The fourth-order valence-corrected chi connectivity index (χ4v) is 6.18. The SMILES string of the molecule is CC1C(n2ccc(=O)[nH]c2=O)OC(/C=C/Cl)(CO[Si](C)(C)C(C)(C)C)C1O[Si](C)(C)C(C)(C)C. The summed E-state index contributed by atoms with van der Waals surface area (Å²) >= 11 is 6.17. The molecular formula is C24H43ClN2O5Si2. The van der Waals surface area contributed by atoms with E-state index in [1.807, 2.05) is 6.92 Å². The lowest BCUT2D eigenvalue weighted by molar-refractivity contribution is -0.0930. The van der Waals surface area contributed by atoms with Gasteiger partial charge in [0.2, 0.25) is 0 Å². The first-order chi connectivity index (χ1) is 15.3. The van der Waals surface area contributed by atoms with Crippen LogP contribution in [0.15, 0.2) is 33.5 Å². The summed E-state index contributed by atoms with van der Waals surface area (Å²) in [4.78, 5) is 26.7. The van der Waals surface area contributed by atoms with Gasteiger partial charge in [-0.15, -0.1) is 0 Å². The van der Waals surface area contributed by atoms with Gasteiger partial charge in [-0.3, -0.25) is 14.3 Å². The number of nitrogens with one attached hydrogen (secondary N) is 1. The molecule has 1 aromatic rings. The fourth-order valence-electron chi connectivity index (χ4n) is 3.55. The number of aromatic amines is 1. The number of halogens is 1. The lowest BCUT2D eigenvalue weighted by Crippen LogP contribution is -2.55. The first-order valence-corrected chi connectivity index (χ1v) is 18.1. The van der Waals surface area contributed by atoms with Crippen LogP contribution in [0.4, 0.5) is 0 Å². The molecule has 1 aliphatic rings. The Labute approximate surface area is 211 Å². The number of rotatable bonds is 7. The Morgan fingerprint density at radius 3 is 2.15 bits per heavy atom. The maximum Gasteiger partial charge on any atom is 0.330 e. The monoisotopic (exact) mass is 530 g/mol. The third-order valence-electron chi connectivity index (χ3n) is 7.91. The number of H-pyrrole nitrogens is 1. The van der Waals surface area contributed by atoms with Crippen LogP contribution in [-0.2, 0) is 13.6 Å². The van der Waals surface area contributed by atoms with Crippen LogP contribution in [0.1, 0.15) is 54.7 Å². The molecule has 0 saturated carbocycles. The van der Waals surface area contributed by atoms with Crippen LogP contribution in [0.25, 0.3) is 0 Å². The van der Waals surface area contributed by atoms with Crippen molar-refractivity contribution in [1.82, 2.24) is 9.55 Å². The van der Waals surface area contributed by atoms with E-state index >= 15 is 0 Å². The average Bonchev–Trinajstić information content (AvgIpc) is 2.91. The molecule has 2 heterocycles. The normalized spacial score (nSPS) is 27.0. The molecule has 1 N–H and O–H groups in total. The molecule has 1 aromatic heterocycles. The van der Waals surface area contributed by atoms with E-state index in [9.17, 15) is 9.59 Å². The maximum absolute atomic E-state index is 12.7. The molecule has 0 radical (unpaired) electrons. The third-order valence-corrected chi connectivity index (χ3v) is 17.0. The zero-order chi connectivity index (χ0) is 26.3. The van der Waals surface area contributed by atoms with E-state index in [-0.39, 0.29) is 22.6 Å². The summed E-state index contributed by atoms with van der Waals surface area (Å²) in [5, 5.41) is -0.0233. The number of hydrogen-bond donors (Lipinski definition) is 1. The van der Waals surface area contributed by atoms with Crippen molar-refractivity contribution in [3.8, 4) is 0 Å². The van der Waals surface area contributed by atoms with Crippen molar-refractivity contribution >= 4 is 28.2 Å². The van der Waals surface area contributed by atoms with Crippen LogP contribution < -0.4 is 11.2 Å². The summed E-state index contributed by atoms with van der Waals surface area (Å²) in [6.45, 7) is 24.2. The molecule has 4 unspecified atom stereocenters. The summed E-state index contributed by atoms with van der Waals surface area (Å²) in [6, 6.07) is 1.32. The van der Waals surface area contributed by atoms with E-state index < -0.39 is 45.8 Å². The van der Waals surface area contributed by atoms with Crippen molar-refractivity contribution in [2.24, 2.45) is 5.92 Å². The first-order valence-electron chi connectivity index (χ1n) is 11.9. The molecule has 7 nitrogen and oxygen atoms in total. The van der Waals surface area contributed by atoms with Crippen molar-refractivity contribution < 1.29 is 13.6 Å². The van der Waals surface area contributed by atoms with Crippen LogP contribution in [0, 0.1) is 5.92 Å². The van der Waals surface area contributed by atoms with Gasteiger partial charge in [-0.2, -0.15) is 0 Å². The zero-order valence-electron chi connectivity index (χ0n) is 22.6. The van der Waals surface area contributed by atoms with Gasteiger partial charge in [-0.1, -0.05) is 60.1 Å². The van der Waals surface area contributed by atoms with Crippen molar-refractivity contribution in [2.75, 3.05) is 6.61 Å². The Balaban J connectivity index is 2.61. The van der Waals surface area contributed by atoms with Gasteiger partial charge in [0.15, 0.2) is 16.6 Å². The highest BCUT2D eigenvalue weighted by molar-refractivity contribution is 6.74. The topological polar surface area (TPSA) is 82.6 Å². The Bertz CT molecular complexity index is 1010. The van der Waals surface area contributed by atoms with E-state index in [2.05, 4.69) is 72.7 Å². The molecule has 0 spiro atoms. The van der Waals surface area contributed by atoms with Gasteiger partial charge in [-0.05, 0) is 42.3 Å². The van der Waals surface area contributed by atoms with Gasteiger partial charge in [0.05, 0.1) is 12.7 Å². The molecule has 0 aromatic carbocycles. The molecule has 2 rings (SSSR count). The molecule has 1 fully saturated rings. The Hall–Kier alpha value is -0.976.